The van der Waals surface area contributed by atoms with Gasteiger partial charge in [-0.1, -0.05) is 12.1 Å². The number of benzene rings is 3. The van der Waals surface area contributed by atoms with Crippen LogP contribution in [-0.4, -0.2) is 14.2 Å². The van der Waals surface area contributed by atoms with Gasteiger partial charge in [0, 0.05) is 17.2 Å². The summed E-state index contributed by atoms with van der Waals surface area (Å²) in [5.41, 5.74) is 3.72. The van der Waals surface area contributed by atoms with Crippen molar-refractivity contribution < 1.29 is 13.9 Å². The molecule has 0 saturated heterocycles. The largest absolute Gasteiger partial charge is 0.497 e. The van der Waals surface area contributed by atoms with Gasteiger partial charge in [-0.05, 0) is 65.7 Å². The van der Waals surface area contributed by atoms with E-state index in [1.165, 1.54) is 6.07 Å². The third-order valence-electron chi connectivity index (χ3n) is 4.51. The molecule has 4 heteroatoms. The zero-order valence-corrected chi connectivity index (χ0v) is 15.1. The van der Waals surface area contributed by atoms with Crippen LogP contribution in [0.1, 0.15) is 0 Å². The van der Waals surface area contributed by atoms with Crippen molar-refractivity contribution in [2.45, 2.75) is 0 Å². The molecule has 1 heterocycles. The van der Waals surface area contributed by atoms with Gasteiger partial charge in [0.25, 0.3) is 0 Å². The summed E-state index contributed by atoms with van der Waals surface area (Å²) < 4.78 is 16.5. The Morgan fingerprint density at radius 3 is 1.81 bits per heavy atom. The molecule has 2 aliphatic rings. The molecule has 2 aromatic rings. The summed E-state index contributed by atoms with van der Waals surface area (Å²) in [6.07, 6.45) is 0. The lowest BCUT2D eigenvalue weighted by molar-refractivity contribution is 0.414. The van der Waals surface area contributed by atoms with Gasteiger partial charge in [0.2, 0.25) is 0 Å². The number of fused-ring (bicyclic) bond motifs is 1. The normalized spacial score (nSPS) is 10.7. The molecule has 0 bridgehead atoms. The molecule has 4 nitrogen and oxygen atoms in total. The summed E-state index contributed by atoms with van der Waals surface area (Å²) >= 11 is 0. The van der Waals surface area contributed by atoms with Gasteiger partial charge in [-0.2, -0.15) is 0 Å². The summed E-state index contributed by atoms with van der Waals surface area (Å²) in [6.45, 7) is 0. The molecule has 0 radical (unpaired) electrons. The van der Waals surface area contributed by atoms with Crippen LogP contribution in [0.15, 0.2) is 82.0 Å². The van der Waals surface area contributed by atoms with E-state index in [-0.39, 0.29) is 5.43 Å². The highest BCUT2D eigenvalue weighted by molar-refractivity contribution is 5.84. The molecular weight excluding hydrogens is 340 g/mol. The minimum Gasteiger partial charge on any atom is -0.497 e. The van der Waals surface area contributed by atoms with E-state index in [4.69, 9.17) is 13.9 Å². The zero-order chi connectivity index (χ0) is 18.8. The molecule has 27 heavy (non-hydrogen) atoms. The summed E-state index contributed by atoms with van der Waals surface area (Å²) in [5, 5.41) is 0. The Kier molecular flexibility index (Phi) is 4.38. The fourth-order valence-electron chi connectivity index (χ4n) is 3.07. The molecule has 0 unspecified atom stereocenters. The lowest BCUT2D eigenvalue weighted by Crippen LogP contribution is -1.99. The van der Waals surface area contributed by atoms with Crippen molar-refractivity contribution >= 4 is 0 Å². The molecule has 0 fully saturated rings. The van der Waals surface area contributed by atoms with Crippen LogP contribution in [0.5, 0.6) is 11.5 Å². The highest BCUT2D eigenvalue weighted by Gasteiger charge is 2.16. The van der Waals surface area contributed by atoms with Crippen LogP contribution in [-0.2, 0) is 0 Å². The molecule has 4 rings (SSSR count). The first kappa shape index (κ1) is 16.9. The first-order valence-corrected chi connectivity index (χ1v) is 8.55. The molecular formula is C23H18O4. The predicted octanol–water partition coefficient (Wildman–Crippen LogP) is 5.10. The average Bonchev–Trinajstić information content (AvgIpc) is 2.73. The maximum atomic E-state index is 11.9. The van der Waals surface area contributed by atoms with Crippen molar-refractivity contribution in [1.82, 2.24) is 0 Å². The molecule has 134 valence electrons. The number of hydrogen-bond donors (Lipinski definition) is 0. The molecule has 0 atom stereocenters. The Labute approximate surface area is 157 Å². The van der Waals surface area contributed by atoms with E-state index in [0.29, 0.717) is 11.5 Å². The number of methoxy groups -OCH3 is 2. The van der Waals surface area contributed by atoms with Crippen molar-refractivity contribution in [3.63, 3.8) is 0 Å². The Balaban J connectivity index is 1.92. The Morgan fingerprint density at radius 1 is 0.630 bits per heavy atom. The van der Waals surface area contributed by atoms with Crippen LogP contribution in [0.2, 0.25) is 0 Å². The fraction of sp³-hybridized carbons (Fsp3) is 0.0870. The lowest BCUT2D eigenvalue weighted by atomic mass is 9.96. The quantitative estimate of drug-likeness (QED) is 0.509. The van der Waals surface area contributed by atoms with Gasteiger partial charge in [-0.3, -0.25) is 4.79 Å². The average molecular weight is 358 g/mol. The van der Waals surface area contributed by atoms with Gasteiger partial charge in [0.1, 0.15) is 23.0 Å². The van der Waals surface area contributed by atoms with Gasteiger partial charge in [-0.15, -0.1) is 0 Å². The van der Waals surface area contributed by atoms with Crippen LogP contribution in [0.4, 0.5) is 0 Å². The van der Waals surface area contributed by atoms with Crippen LogP contribution >= 0.6 is 0 Å². The summed E-state index contributed by atoms with van der Waals surface area (Å²) in [7, 11) is 3.27. The minimum absolute atomic E-state index is 0.0844. The number of rotatable bonds is 4. The fourth-order valence-corrected chi connectivity index (χ4v) is 3.07. The van der Waals surface area contributed by atoms with Gasteiger partial charge in [0.15, 0.2) is 5.43 Å². The third kappa shape index (κ3) is 3.29. The minimum atomic E-state index is -0.0844. The highest BCUT2D eigenvalue weighted by Crippen LogP contribution is 2.38. The smallest absolute Gasteiger partial charge is 0.182 e. The van der Waals surface area contributed by atoms with Gasteiger partial charge in [0.05, 0.1) is 14.2 Å². The van der Waals surface area contributed by atoms with Crippen LogP contribution in [0.25, 0.3) is 33.8 Å². The SMILES string of the molecule is COc1ccc(-c2cc(-c3ccc(OC)cc3)c3ccc(=O)cc-3o2)cc1. The molecule has 0 saturated carbocycles. The molecule has 0 N–H and O–H groups in total. The van der Waals surface area contributed by atoms with E-state index < -0.39 is 0 Å². The summed E-state index contributed by atoms with van der Waals surface area (Å²) in [5.74, 6) is 2.81. The third-order valence-corrected chi connectivity index (χ3v) is 4.51. The van der Waals surface area contributed by atoms with E-state index in [1.54, 1.807) is 26.4 Å². The summed E-state index contributed by atoms with van der Waals surface area (Å²) in [4.78, 5) is 11.9. The monoisotopic (exact) mass is 358 g/mol. The van der Waals surface area contributed by atoms with E-state index in [9.17, 15) is 4.79 Å². The molecule has 0 spiro atoms. The van der Waals surface area contributed by atoms with E-state index in [0.717, 1.165) is 33.8 Å². The first-order chi connectivity index (χ1) is 13.2. The van der Waals surface area contributed by atoms with Crippen LogP contribution < -0.4 is 14.9 Å². The predicted molar refractivity (Wildman–Crippen MR) is 106 cm³/mol. The van der Waals surface area contributed by atoms with E-state index >= 15 is 0 Å². The topological polar surface area (TPSA) is 48.7 Å². The van der Waals surface area contributed by atoms with Gasteiger partial charge in [-0.25, -0.2) is 0 Å². The van der Waals surface area contributed by atoms with Crippen molar-refractivity contribution in [1.29, 1.82) is 0 Å². The standard InChI is InChI=1S/C23H18O4/c1-25-18-8-3-15(4-9-18)21-14-22(16-5-10-19(26-2)11-6-16)27-23-13-17(24)7-12-20(21)23/h3-14H,1-2H3. The molecule has 2 aromatic carbocycles. The number of hydrogen-bond acceptors (Lipinski definition) is 4. The second-order valence-electron chi connectivity index (χ2n) is 6.14. The Hall–Kier alpha value is -3.53. The number of ether oxygens (including phenoxy) is 2. The maximum absolute atomic E-state index is 11.9. The molecule has 1 aliphatic heterocycles. The Morgan fingerprint density at radius 2 is 1.22 bits per heavy atom. The zero-order valence-electron chi connectivity index (χ0n) is 15.1. The van der Waals surface area contributed by atoms with Crippen LogP contribution in [0.3, 0.4) is 0 Å². The van der Waals surface area contributed by atoms with Crippen molar-refractivity contribution in [3.05, 3.63) is 83.0 Å². The van der Waals surface area contributed by atoms with Gasteiger partial charge >= 0.3 is 0 Å². The van der Waals surface area contributed by atoms with Gasteiger partial charge < -0.3 is 13.9 Å². The van der Waals surface area contributed by atoms with Crippen molar-refractivity contribution in [3.8, 4) is 45.3 Å². The van der Waals surface area contributed by atoms with E-state index in [1.807, 2.05) is 54.6 Å². The van der Waals surface area contributed by atoms with Crippen molar-refractivity contribution in [2.75, 3.05) is 14.2 Å². The second kappa shape index (κ2) is 7.00. The molecule has 0 aromatic heterocycles. The second-order valence-corrected chi connectivity index (χ2v) is 6.14. The van der Waals surface area contributed by atoms with Crippen molar-refractivity contribution in [2.24, 2.45) is 0 Å². The lowest BCUT2D eigenvalue weighted by Gasteiger charge is -2.14. The Bertz CT molecular complexity index is 1090. The molecule has 0 amide bonds. The maximum Gasteiger partial charge on any atom is 0.182 e. The van der Waals surface area contributed by atoms with E-state index in [2.05, 4.69) is 0 Å². The highest BCUT2D eigenvalue weighted by atomic mass is 16.5. The van der Waals surface area contributed by atoms with Crippen LogP contribution in [0, 0.1) is 0 Å². The first-order valence-electron chi connectivity index (χ1n) is 8.55. The molecule has 1 aliphatic carbocycles. The summed E-state index contributed by atoms with van der Waals surface area (Å²) in [6, 6.07) is 22.3.